The number of carbonyl (C=O) groups excluding carboxylic acids is 5. The van der Waals surface area contributed by atoms with Crippen molar-refractivity contribution in [3.05, 3.63) is 52.0 Å². The fourth-order valence-electron chi connectivity index (χ4n) is 6.96. The Bertz CT molecular complexity index is 1730. The summed E-state index contributed by atoms with van der Waals surface area (Å²) in [5.74, 6) is -3.25. The average molecular weight is 754 g/mol. The number of nitrogens with zero attached hydrogens (tertiary/aromatic N) is 3. The number of benzene rings is 1. The van der Waals surface area contributed by atoms with E-state index in [0.29, 0.717) is 43.2 Å². The summed E-state index contributed by atoms with van der Waals surface area (Å²) in [4.78, 5) is 70.7. The molecule has 3 heterocycles. The van der Waals surface area contributed by atoms with Crippen LogP contribution in [0.2, 0.25) is 0 Å². The van der Waals surface area contributed by atoms with Crippen molar-refractivity contribution in [1.82, 2.24) is 20.4 Å². The molecule has 0 unspecified atom stereocenters. The molecular formula is C35H45FN5NaO9S. The van der Waals surface area contributed by atoms with Gasteiger partial charge in [-0.1, -0.05) is 37.1 Å². The molecule has 0 radical (unpaired) electrons. The summed E-state index contributed by atoms with van der Waals surface area (Å²) >= 11 is 0. The predicted octanol–water partition coefficient (Wildman–Crippen LogP) is 0.932. The first-order valence-electron chi connectivity index (χ1n) is 17.6. The van der Waals surface area contributed by atoms with Gasteiger partial charge in [-0.3, -0.25) is 14.5 Å². The Hall–Kier alpha value is -3.21. The molecule has 5 atom stereocenters. The van der Waals surface area contributed by atoms with Gasteiger partial charge in [0.05, 0.1) is 34.6 Å². The number of fused-ring (bicyclic) bond motifs is 3. The van der Waals surface area contributed by atoms with Crippen LogP contribution < -0.4 is 40.2 Å². The SMILES string of the molecule is CC(C)(C)OC(=O)N[C@H]1CCCCC/C=C\[C@@H]2C[C@@]2(C(=O)[N-]S(=O)(=O)C2CC2)NC(=O)[C@@H]2C[C@@H](OC(=O)N3Cc4cccc(F)c4C3)CN2C1=O.[Na+]. The Balaban J connectivity index is 0.00000523. The zero-order valence-electron chi connectivity index (χ0n) is 30.1. The third-order valence-electron chi connectivity index (χ3n) is 9.92. The molecule has 14 nitrogen and oxygen atoms in total. The molecule has 5 aliphatic rings. The Morgan fingerprint density at radius 3 is 2.52 bits per heavy atom. The number of sulfonamides is 1. The summed E-state index contributed by atoms with van der Waals surface area (Å²) in [7, 11) is -4.04. The summed E-state index contributed by atoms with van der Waals surface area (Å²) in [6.45, 7) is 4.99. The molecular weight excluding hydrogens is 708 g/mol. The number of hydrogen-bond acceptors (Lipinski definition) is 9. The number of carbonyl (C=O) groups is 5. The van der Waals surface area contributed by atoms with Crippen molar-refractivity contribution in [2.24, 2.45) is 5.92 Å². The Morgan fingerprint density at radius 2 is 1.83 bits per heavy atom. The van der Waals surface area contributed by atoms with Gasteiger partial charge in [0.15, 0.2) is 0 Å². The Morgan fingerprint density at radius 1 is 1.08 bits per heavy atom. The van der Waals surface area contributed by atoms with Crippen molar-refractivity contribution in [2.45, 2.75) is 126 Å². The molecule has 1 aromatic rings. The molecule has 278 valence electrons. The van der Waals surface area contributed by atoms with Gasteiger partial charge in [0.1, 0.15) is 29.6 Å². The number of nitrogens with one attached hydrogen (secondary N) is 2. The van der Waals surface area contributed by atoms with Crippen molar-refractivity contribution in [3.63, 3.8) is 0 Å². The van der Waals surface area contributed by atoms with E-state index < -0.39 is 86.2 Å². The van der Waals surface area contributed by atoms with Crippen LogP contribution in [0.3, 0.4) is 0 Å². The monoisotopic (exact) mass is 753 g/mol. The molecule has 0 aromatic heterocycles. The van der Waals surface area contributed by atoms with Crippen LogP contribution in [0.4, 0.5) is 14.0 Å². The summed E-state index contributed by atoms with van der Waals surface area (Å²) in [6, 6.07) is 2.27. The zero-order valence-corrected chi connectivity index (χ0v) is 32.9. The predicted molar refractivity (Wildman–Crippen MR) is 181 cm³/mol. The molecule has 0 spiro atoms. The average Bonchev–Trinajstić information content (AvgIpc) is 3.93. The summed E-state index contributed by atoms with van der Waals surface area (Å²) in [6.07, 6.45) is 4.91. The van der Waals surface area contributed by atoms with Crippen LogP contribution in [0.5, 0.6) is 0 Å². The summed E-state index contributed by atoms with van der Waals surface area (Å²) in [5.41, 5.74) is -1.42. The normalized spacial score (nSPS) is 28.4. The minimum absolute atomic E-state index is 0. The van der Waals surface area contributed by atoms with E-state index in [1.165, 1.54) is 15.9 Å². The van der Waals surface area contributed by atoms with E-state index in [0.717, 1.165) is 6.42 Å². The van der Waals surface area contributed by atoms with Crippen LogP contribution >= 0.6 is 0 Å². The molecule has 5 amide bonds. The molecule has 3 fully saturated rings. The Labute approximate surface area is 325 Å². The van der Waals surface area contributed by atoms with E-state index in [-0.39, 0.29) is 68.5 Å². The van der Waals surface area contributed by atoms with E-state index in [4.69, 9.17) is 9.47 Å². The van der Waals surface area contributed by atoms with E-state index in [9.17, 15) is 36.8 Å². The van der Waals surface area contributed by atoms with Crippen LogP contribution in [0.1, 0.15) is 89.7 Å². The number of halogens is 1. The first-order chi connectivity index (χ1) is 24.1. The van der Waals surface area contributed by atoms with Crippen LogP contribution in [-0.2, 0) is 47.0 Å². The molecule has 2 saturated carbocycles. The second-order valence-corrected chi connectivity index (χ2v) is 17.0. The number of rotatable bonds is 5. The maximum atomic E-state index is 14.4. The fourth-order valence-corrected chi connectivity index (χ4v) is 8.24. The summed E-state index contributed by atoms with van der Waals surface area (Å²) in [5, 5.41) is 4.70. The molecule has 3 aliphatic heterocycles. The van der Waals surface area contributed by atoms with Gasteiger partial charge in [-0.2, -0.15) is 0 Å². The van der Waals surface area contributed by atoms with E-state index in [2.05, 4.69) is 15.4 Å². The van der Waals surface area contributed by atoms with Gasteiger partial charge in [-0.05, 0) is 70.9 Å². The topological polar surface area (TPSA) is 183 Å². The largest absolute Gasteiger partial charge is 1.00 e. The van der Waals surface area contributed by atoms with Gasteiger partial charge in [0.2, 0.25) is 11.8 Å². The van der Waals surface area contributed by atoms with Gasteiger partial charge in [0, 0.05) is 29.7 Å². The Kier molecular flexibility index (Phi) is 12.0. The molecule has 1 saturated heterocycles. The smallest absolute Gasteiger partial charge is 0.544 e. The maximum Gasteiger partial charge on any atom is 1.00 e. The van der Waals surface area contributed by atoms with Crippen molar-refractivity contribution >= 4 is 39.9 Å². The number of hydrogen-bond donors (Lipinski definition) is 2. The molecule has 52 heavy (non-hydrogen) atoms. The number of amides is 5. The van der Waals surface area contributed by atoms with Crippen LogP contribution in [-0.4, -0.2) is 89.2 Å². The van der Waals surface area contributed by atoms with Crippen molar-refractivity contribution in [3.8, 4) is 0 Å². The number of allylic oxidation sites excluding steroid dienone is 1. The molecule has 2 aliphatic carbocycles. The minimum atomic E-state index is -4.04. The molecule has 0 bridgehead atoms. The van der Waals surface area contributed by atoms with Gasteiger partial charge < -0.3 is 34.5 Å². The van der Waals surface area contributed by atoms with Crippen LogP contribution in [0, 0.1) is 11.7 Å². The van der Waals surface area contributed by atoms with Gasteiger partial charge >= 0.3 is 41.7 Å². The van der Waals surface area contributed by atoms with E-state index >= 15 is 0 Å². The molecule has 1 aromatic carbocycles. The van der Waals surface area contributed by atoms with Crippen molar-refractivity contribution < 1.29 is 75.8 Å². The first-order valence-corrected chi connectivity index (χ1v) is 19.1. The van der Waals surface area contributed by atoms with Crippen molar-refractivity contribution in [2.75, 3.05) is 6.54 Å². The zero-order chi connectivity index (χ0) is 36.7. The first kappa shape index (κ1) is 40.0. The number of alkyl carbamates (subject to hydrolysis) is 1. The van der Waals surface area contributed by atoms with Gasteiger partial charge in [0.25, 0.3) is 0 Å². The van der Waals surface area contributed by atoms with Crippen LogP contribution in [0.15, 0.2) is 30.4 Å². The third-order valence-corrected chi connectivity index (χ3v) is 11.7. The minimum Gasteiger partial charge on any atom is -0.544 e. The quantitative estimate of drug-likeness (QED) is 0.327. The molecule has 17 heteroatoms. The second kappa shape index (κ2) is 15.6. The second-order valence-electron chi connectivity index (χ2n) is 15.1. The van der Waals surface area contributed by atoms with Crippen LogP contribution in [0.25, 0.3) is 4.72 Å². The molecule has 6 rings (SSSR count). The summed E-state index contributed by atoms with van der Waals surface area (Å²) < 4.78 is 54.6. The van der Waals surface area contributed by atoms with E-state index in [1.807, 2.05) is 6.08 Å². The van der Waals surface area contributed by atoms with Gasteiger partial charge in [-0.25, -0.2) is 22.4 Å². The number of ether oxygens (including phenoxy) is 2. The standard InChI is InChI=1S/C35H46FN5O9S.Na/c1-34(2,3)50-32(45)37-27-13-8-6-4-5-7-11-22-17-35(22,31(44)39-51(47,48)24-14-15-24)38-29(42)28-16-23(19-41(28)30(27)43)49-33(46)40-18-21-10-9-12-26(36)25(21)20-40;/h7,9-12,22-24,27-28H,4-6,8,13-20H2,1-3H3,(H3,37,38,39,42,44,45);/q;+1/p-1/b11-7-;/t22-,23-,27+,28+,35-;/m1./s1. The van der Waals surface area contributed by atoms with Gasteiger partial charge in [-0.15, -0.1) is 0 Å². The van der Waals surface area contributed by atoms with E-state index in [1.54, 1.807) is 39.0 Å². The maximum absolute atomic E-state index is 14.4. The molecule has 2 N–H and O–H groups in total. The third kappa shape index (κ3) is 9.11. The fraction of sp³-hybridized carbons (Fsp3) is 0.629. The van der Waals surface area contributed by atoms with Crippen molar-refractivity contribution in [1.29, 1.82) is 0 Å².